The fourth-order valence-corrected chi connectivity index (χ4v) is 1.68. The van der Waals surface area contributed by atoms with E-state index in [4.69, 9.17) is 11.6 Å². The molecule has 1 aromatic rings. The Balaban J connectivity index is 2.72. The average Bonchev–Trinajstić information content (AvgIpc) is 2.21. The normalized spacial score (nSPS) is 13.0. The molecular weight excluding hydrogens is 204 g/mol. The first-order valence-electron chi connectivity index (χ1n) is 3.72. The van der Waals surface area contributed by atoms with Crippen LogP contribution in [0.1, 0.15) is 10.8 Å². The van der Waals surface area contributed by atoms with Crippen LogP contribution in [-0.4, -0.2) is 6.29 Å². The third-order valence-corrected chi connectivity index (χ3v) is 2.68. The molecule has 0 aliphatic rings. The van der Waals surface area contributed by atoms with Crippen molar-refractivity contribution in [3.63, 3.8) is 0 Å². The predicted octanol–water partition coefficient (Wildman–Crippen LogP) is 3.28. The number of benzene rings is 1. The van der Waals surface area contributed by atoms with Gasteiger partial charge in [0.25, 0.3) is 0 Å². The highest BCUT2D eigenvalue weighted by Crippen LogP contribution is 2.27. The van der Waals surface area contributed by atoms with Gasteiger partial charge in [-0.2, -0.15) is 0 Å². The lowest BCUT2D eigenvalue weighted by molar-refractivity contribution is 0.554. The van der Waals surface area contributed by atoms with Crippen LogP contribution < -0.4 is 0 Å². The summed E-state index contributed by atoms with van der Waals surface area (Å²) in [7, 11) is 0. The van der Waals surface area contributed by atoms with E-state index in [-0.39, 0.29) is 5.25 Å². The summed E-state index contributed by atoms with van der Waals surface area (Å²) in [5, 5.41) is 1.39. The minimum Gasteiger partial charge on any atom is -0.289 e. The van der Waals surface area contributed by atoms with Gasteiger partial charge in [0.05, 0.1) is 0 Å². The van der Waals surface area contributed by atoms with Crippen LogP contribution in [0.3, 0.4) is 0 Å². The zero-order valence-corrected chi connectivity index (χ0v) is 8.39. The molecule has 1 atom stereocenters. The lowest BCUT2D eigenvalue weighted by Crippen LogP contribution is -1.92. The molecule has 0 saturated carbocycles. The van der Waals surface area contributed by atoms with Crippen LogP contribution in [0, 0.1) is 0 Å². The Morgan fingerprint density at radius 1 is 1.38 bits per heavy atom. The van der Waals surface area contributed by atoms with Crippen molar-refractivity contribution in [3.05, 3.63) is 46.8 Å². The second kappa shape index (κ2) is 5.84. The van der Waals surface area contributed by atoms with Crippen molar-refractivity contribution in [2.75, 3.05) is 0 Å². The van der Waals surface area contributed by atoms with Crippen molar-refractivity contribution in [2.24, 2.45) is 0 Å². The Hall–Kier alpha value is -0.730. The molecule has 0 N–H and O–H groups in total. The van der Waals surface area contributed by atoms with Crippen molar-refractivity contribution in [2.45, 2.75) is 5.25 Å². The summed E-state index contributed by atoms with van der Waals surface area (Å²) < 4.78 is 0. The van der Waals surface area contributed by atoms with Gasteiger partial charge in [0.2, 0.25) is 6.29 Å². The van der Waals surface area contributed by atoms with Crippen LogP contribution in [0.2, 0.25) is 0 Å². The van der Waals surface area contributed by atoms with E-state index in [1.807, 2.05) is 36.6 Å². The molecule has 1 rings (SSSR count). The van der Waals surface area contributed by atoms with Crippen LogP contribution >= 0.6 is 23.4 Å². The largest absolute Gasteiger partial charge is 0.289 e. The molecule has 0 bridgehead atoms. The van der Waals surface area contributed by atoms with Gasteiger partial charge in [0, 0.05) is 5.54 Å². The first-order chi connectivity index (χ1) is 6.38. The van der Waals surface area contributed by atoms with Crippen molar-refractivity contribution in [3.8, 4) is 0 Å². The van der Waals surface area contributed by atoms with Gasteiger partial charge in [-0.1, -0.05) is 41.9 Å². The Bertz CT molecular complexity index is 284. The predicted molar refractivity (Wildman–Crippen MR) is 57.5 cm³/mol. The Morgan fingerprint density at radius 3 is 2.62 bits per heavy atom. The van der Waals surface area contributed by atoms with Crippen molar-refractivity contribution in [1.29, 1.82) is 0 Å². The van der Waals surface area contributed by atoms with E-state index >= 15 is 0 Å². The van der Waals surface area contributed by atoms with Crippen LogP contribution in [0.5, 0.6) is 0 Å². The van der Waals surface area contributed by atoms with Gasteiger partial charge in [-0.25, -0.2) is 0 Å². The molecule has 1 radical (unpaired) electrons. The molecule has 3 heteroatoms. The quantitative estimate of drug-likeness (QED) is 0.761. The lowest BCUT2D eigenvalue weighted by atomic mass is 10.2. The molecule has 0 fully saturated rings. The summed E-state index contributed by atoms with van der Waals surface area (Å²) in [4.78, 5) is 10.6. The molecule has 67 valence electrons. The third kappa shape index (κ3) is 3.25. The number of thioether (sulfide) groups is 1. The highest BCUT2D eigenvalue weighted by atomic mass is 35.5. The van der Waals surface area contributed by atoms with Gasteiger partial charge in [-0.15, -0.1) is 11.8 Å². The van der Waals surface area contributed by atoms with Gasteiger partial charge in [0.1, 0.15) is 5.25 Å². The zero-order valence-electron chi connectivity index (χ0n) is 6.81. The number of carbonyl (C=O) groups excluding carboxylic acids is 1. The van der Waals surface area contributed by atoms with Crippen LogP contribution in [-0.2, 0) is 4.79 Å². The molecular formula is C10H8ClOS. The molecule has 0 aromatic heterocycles. The van der Waals surface area contributed by atoms with Crippen molar-refractivity contribution in [1.82, 2.24) is 0 Å². The molecule has 0 amide bonds. The zero-order chi connectivity index (χ0) is 9.52. The Labute approximate surface area is 86.8 Å². The molecule has 0 spiro atoms. The molecule has 0 saturated heterocycles. The summed E-state index contributed by atoms with van der Waals surface area (Å²) in [5.41, 5.74) is 2.33. The van der Waals surface area contributed by atoms with Crippen LogP contribution in [0.15, 0.2) is 41.3 Å². The first kappa shape index (κ1) is 10.4. The van der Waals surface area contributed by atoms with Gasteiger partial charge >= 0.3 is 0 Å². The van der Waals surface area contributed by atoms with Crippen LogP contribution in [0.4, 0.5) is 0 Å². The molecule has 0 aliphatic carbocycles. The average molecular weight is 212 g/mol. The second-order valence-electron chi connectivity index (χ2n) is 2.31. The van der Waals surface area contributed by atoms with Crippen LogP contribution in [0.25, 0.3) is 0 Å². The molecule has 1 nitrogen and oxygen atoms in total. The molecule has 0 heterocycles. The summed E-state index contributed by atoms with van der Waals surface area (Å²) in [6.45, 7) is 0. The van der Waals surface area contributed by atoms with E-state index in [0.717, 1.165) is 5.56 Å². The molecule has 0 aliphatic heterocycles. The van der Waals surface area contributed by atoms with E-state index < -0.39 is 0 Å². The number of hydrogen-bond donors (Lipinski definition) is 0. The highest BCUT2D eigenvalue weighted by molar-refractivity contribution is 8.02. The number of rotatable bonds is 4. The van der Waals surface area contributed by atoms with E-state index in [1.54, 1.807) is 5.41 Å². The van der Waals surface area contributed by atoms with E-state index in [9.17, 15) is 4.79 Å². The minimum absolute atomic E-state index is 0.281. The Morgan fingerprint density at radius 2 is 2.08 bits per heavy atom. The number of halogens is 1. The summed E-state index contributed by atoms with van der Waals surface area (Å²) in [6, 6.07) is 9.48. The highest BCUT2D eigenvalue weighted by Gasteiger charge is 2.08. The summed E-state index contributed by atoms with van der Waals surface area (Å²) in [5.74, 6) is 0. The third-order valence-electron chi connectivity index (χ3n) is 1.48. The summed E-state index contributed by atoms with van der Waals surface area (Å²) in [6.07, 6.45) is 1.96. The van der Waals surface area contributed by atoms with Crippen molar-refractivity contribution >= 4 is 29.6 Å². The maximum Gasteiger partial charge on any atom is 0.217 e. The smallest absolute Gasteiger partial charge is 0.217 e. The fourth-order valence-electron chi connectivity index (χ4n) is 0.910. The number of hydrogen-bond acceptors (Lipinski definition) is 2. The SMILES string of the molecule is O=[C]C(SC=CCl)c1ccccc1. The fraction of sp³-hybridized carbons (Fsp3) is 0.100. The standard InChI is InChI=1S/C10H8ClOS/c11-6-7-13-10(8-12)9-4-2-1-3-5-9/h1-7,10H. The van der Waals surface area contributed by atoms with E-state index in [2.05, 4.69) is 0 Å². The topological polar surface area (TPSA) is 17.1 Å². The van der Waals surface area contributed by atoms with Gasteiger partial charge in [-0.3, -0.25) is 4.79 Å². The van der Waals surface area contributed by atoms with Gasteiger partial charge < -0.3 is 0 Å². The van der Waals surface area contributed by atoms with Gasteiger partial charge in [-0.05, 0) is 11.0 Å². The van der Waals surface area contributed by atoms with E-state index in [1.165, 1.54) is 17.3 Å². The molecule has 1 aromatic carbocycles. The van der Waals surface area contributed by atoms with Gasteiger partial charge in [0.15, 0.2) is 0 Å². The van der Waals surface area contributed by atoms with Crippen molar-refractivity contribution < 1.29 is 4.79 Å². The Kier molecular flexibility index (Phi) is 4.65. The van der Waals surface area contributed by atoms with E-state index in [0.29, 0.717) is 0 Å². The maximum atomic E-state index is 10.6. The second-order valence-corrected chi connectivity index (χ2v) is 3.57. The molecule has 13 heavy (non-hydrogen) atoms. The minimum atomic E-state index is -0.281. The maximum absolute atomic E-state index is 10.6. The monoisotopic (exact) mass is 211 g/mol. The summed E-state index contributed by atoms with van der Waals surface area (Å²) >= 11 is 6.70. The lowest BCUT2D eigenvalue weighted by Gasteiger charge is -2.04. The first-order valence-corrected chi connectivity index (χ1v) is 5.09. The molecule has 1 unspecified atom stereocenters.